The maximum Gasteiger partial charge on any atom is 0.245 e. The molecule has 4 nitrogen and oxygen atoms in total. The first-order chi connectivity index (χ1) is 11.2. The van der Waals surface area contributed by atoms with Crippen molar-refractivity contribution in [3.05, 3.63) is 45.6 Å². The minimum Gasteiger partial charge on any atom is -0.493 e. The van der Waals surface area contributed by atoms with Crippen molar-refractivity contribution in [2.24, 2.45) is 0 Å². The third-order valence-electron chi connectivity index (χ3n) is 4.56. The van der Waals surface area contributed by atoms with E-state index in [0.29, 0.717) is 0 Å². The standard InChI is InChI=1S/C18H20N2O2S/c1-12(19-15-2-3-16-13(10-15)5-8-22-16)18(21)20-7-4-17-14(11-20)6-9-23-17/h2-3,6,9-10,12,19H,4-5,7-8,11H2,1H3/t12-/m0/s1. The van der Waals surface area contributed by atoms with Gasteiger partial charge < -0.3 is 15.0 Å². The second-order valence-electron chi connectivity index (χ2n) is 6.17. The van der Waals surface area contributed by atoms with E-state index >= 15 is 0 Å². The summed E-state index contributed by atoms with van der Waals surface area (Å²) in [4.78, 5) is 16.1. The van der Waals surface area contributed by atoms with Crippen LogP contribution in [0.1, 0.15) is 22.9 Å². The number of carbonyl (C=O) groups excluding carboxylic acids is 1. The number of amides is 1. The maximum atomic E-state index is 12.7. The third-order valence-corrected chi connectivity index (χ3v) is 5.59. The average Bonchev–Trinajstić information content (AvgIpc) is 3.21. The highest BCUT2D eigenvalue weighted by Crippen LogP contribution is 2.28. The molecule has 3 heterocycles. The van der Waals surface area contributed by atoms with Gasteiger partial charge in [-0.3, -0.25) is 4.79 Å². The van der Waals surface area contributed by atoms with Gasteiger partial charge >= 0.3 is 0 Å². The van der Waals surface area contributed by atoms with E-state index in [0.717, 1.165) is 44.0 Å². The van der Waals surface area contributed by atoms with Crippen LogP contribution in [0.4, 0.5) is 5.69 Å². The number of benzene rings is 1. The first kappa shape index (κ1) is 14.6. The molecule has 5 heteroatoms. The van der Waals surface area contributed by atoms with Crippen molar-refractivity contribution in [1.29, 1.82) is 0 Å². The molecule has 120 valence electrons. The van der Waals surface area contributed by atoms with E-state index < -0.39 is 0 Å². The highest BCUT2D eigenvalue weighted by Gasteiger charge is 2.25. The molecule has 0 aliphatic carbocycles. The highest BCUT2D eigenvalue weighted by atomic mass is 32.1. The molecular formula is C18H20N2O2S. The Morgan fingerprint density at radius 2 is 2.22 bits per heavy atom. The number of ether oxygens (including phenoxy) is 1. The first-order valence-corrected chi connectivity index (χ1v) is 8.95. The van der Waals surface area contributed by atoms with Gasteiger partial charge in [-0.15, -0.1) is 11.3 Å². The average molecular weight is 328 g/mol. The molecule has 0 radical (unpaired) electrons. The molecule has 1 amide bonds. The Morgan fingerprint density at radius 1 is 1.30 bits per heavy atom. The minimum atomic E-state index is -0.226. The number of hydrogen-bond acceptors (Lipinski definition) is 4. The van der Waals surface area contributed by atoms with Gasteiger partial charge in [0.1, 0.15) is 11.8 Å². The van der Waals surface area contributed by atoms with E-state index in [1.807, 2.05) is 24.0 Å². The molecule has 1 N–H and O–H groups in total. The minimum absolute atomic E-state index is 0.165. The zero-order valence-corrected chi connectivity index (χ0v) is 14.0. The van der Waals surface area contributed by atoms with Crippen LogP contribution in [-0.2, 0) is 24.2 Å². The fourth-order valence-electron chi connectivity index (χ4n) is 3.30. The molecule has 1 atom stereocenters. The van der Waals surface area contributed by atoms with Gasteiger partial charge in [-0.25, -0.2) is 0 Å². The molecule has 0 unspecified atom stereocenters. The molecule has 0 fully saturated rings. The summed E-state index contributed by atoms with van der Waals surface area (Å²) in [6, 6.07) is 7.98. The van der Waals surface area contributed by atoms with Crippen LogP contribution in [0.5, 0.6) is 5.75 Å². The molecule has 0 saturated carbocycles. The van der Waals surface area contributed by atoms with Crippen molar-refractivity contribution in [2.75, 3.05) is 18.5 Å². The van der Waals surface area contributed by atoms with Gasteiger partial charge in [-0.05, 0) is 54.1 Å². The molecule has 1 aromatic heterocycles. The van der Waals surface area contributed by atoms with Crippen molar-refractivity contribution in [2.45, 2.75) is 32.4 Å². The van der Waals surface area contributed by atoms with E-state index in [1.165, 1.54) is 16.0 Å². The van der Waals surface area contributed by atoms with Crippen molar-refractivity contribution in [1.82, 2.24) is 4.90 Å². The van der Waals surface area contributed by atoms with Crippen molar-refractivity contribution < 1.29 is 9.53 Å². The lowest BCUT2D eigenvalue weighted by Gasteiger charge is -2.30. The van der Waals surface area contributed by atoms with Gasteiger partial charge in [-0.2, -0.15) is 0 Å². The van der Waals surface area contributed by atoms with Crippen LogP contribution in [0.15, 0.2) is 29.6 Å². The Bertz CT molecular complexity index is 740. The summed E-state index contributed by atoms with van der Waals surface area (Å²) in [6.07, 6.45) is 1.92. The number of nitrogens with zero attached hydrogens (tertiary/aromatic N) is 1. The van der Waals surface area contributed by atoms with Crippen LogP contribution >= 0.6 is 11.3 Å². The quantitative estimate of drug-likeness (QED) is 0.941. The van der Waals surface area contributed by atoms with Gasteiger partial charge in [0, 0.05) is 30.1 Å². The lowest BCUT2D eigenvalue weighted by atomic mass is 10.1. The number of hydrogen-bond donors (Lipinski definition) is 1. The fourth-order valence-corrected chi connectivity index (χ4v) is 4.19. The molecule has 2 aliphatic heterocycles. The van der Waals surface area contributed by atoms with E-state index in [-0.39, 0.29) is 11.9 Å². The van der Waals surface area contributed by atoms with Crippen LogP contribution < -0.4 is 10.1 Å². The van der Waals surface area contributed by atoms with Crippen LogP contribution in [0, 0.1) is 0 Å². The van der Waals surface area contributed by atoms with E-state index in [2.05, 4.69) is 22.8 Å². The second kappa shape index (κ2) is 5.89. The molecule has 1 aromatic carbocycles. The van der Waals surface area contributed by atoms with E-state index in [9.17, 15) is 4.79 Å². The largest absolute Gasteiger partial charge is 0.493 e. The van der Waals surface area contributed by atoms with Crippen LogP contribution in [-0.4, -0.2) is 30.0 Å². The monoisotopic (exact) mass is 328 g/mol. The number of nitrogens with one attached hydrogen (secondary N) is 1. The molecule has 0 spiro atoms. The SMILES string of the molecule is C[C@H](Nc1ccc2c(c1)CCO2)C(=O)N1CCc2sccc2C1. The van der Waals surface area contributed by atoms with E-state index in [1.54, 1.807) is 11.3 Å². The predicted molar refractivity (Wildman–Crippen MR) is 92.2 cm³/mol. The van der Waals surface area contributed by atoms with Gasteiger partial charge in [0.15, 0.2) is 0 Å². The summed E-state index contributed by atoms with van der Waals surface area (Å²) in [7, 11) is 0. The molecule has 4 rings (SSSR count). The highest BCUT2D eigenvalue weighted by molar-refractivity contribution is 7.10. The van der Waals surface area contributed by atoms with Crippen LogP contribution in [0.3, 0.4) is 0 Å². The normalized spacial score (nSPS) is 17.2. The maximum absolute atomic E-state index is 12.7. The first-order valence-electron chi connectivity index (χ1n) is 8.07. The topological polar surface area (TPSA) is 41.6 Å². The van der Waals surface area contributed by atoms with Gasteiger partial charge in [0.2, 0.25) is 5.91 Å². The van der Waals surface area contributed by atoms with Crippen molar-refractivity contribution >= 4 is 22.9 Å². The van der Waals surface area contributed by atoms with Crippen LogP contribution in [0.25, 0.3) is 0 Å². The summed E-state index contributed by atoms with van der Waals surface area (Å²) < 4.78 is 5.52. The summed E-state index contributed by atoms with van der Waals surface area (Å²) in [5.74, 6) is 1.13. The molecule has 2 aliphatic rings. The Kier molecular flexibility index (Phi) is 3.73. The number of anilines is 1. The van der Waals surface area contributed by atoms with E-state index in [4.69, 9.17) is 4.74 Å². The lowest BCUT2D eigenvalue weighted by Crippen LogP contribution is -2.43. The van der Waals surface area contributed by atoms with Crippen molar-refractivity contribution in [3.63, 3.8) is 0 Å². The Morgan fingerprint density at radius 3 is 3.13 bits per heavy atom. The number of thiophene rings is 1. The zero-order valence-electron chi connectivity index (χ0n) is 13.2. The van der Waals surface area contributed by atoms with Crippen molar-refractivity contribution in [3.8, 4) is 5.75 Å². The smallest absolute Gasteiger partial charge is 0.245 e. The molecule has 0 saturated heterocycles. The Hall–Kier alpha value is -2.01. The van der Waals surface area contributed by atoms with Crippen LogP contribution in [0.2, 0.25) is 0 Å². The third kappa shape index (κ3) is 2.81. The lowest BCUT2D eigenvalue weighted by molar-refractivity contribution is -0.132. The second-order valence-corrected chi connectivity index (χ2v) is 7.17. The molecule has 0 bridgehead atoms. The van der Waals surface area contributed by atoms with Gasteiger partial charge in [0.25, 0.3) is 0 Å². The number of fused-ring (bicyclic) bond motifs is 2. The number of rotatable bonds is 3. The Balaban J connectivity index is 1.43. The Labute approximate surface area is 140 Å². The summed E-state index contributed by atoms with van der Waals surface area (Å²) >= 11 is 1.80. The fraction of sp³-hybridized carbons (Fsp3) is 0.389. The number of carbonyl (C=O) groups is 1. The summed E-state index contributed by atoms with van der Waals surface area (Å²) in [5.41, 5.74) is 3.51. The predicted octanol–water partition coefficient (Wildman–Crippen LogP) is 3.07. The van der Waals surface area contributed by atoms with Gasteiger partial charge in [-0.1, -0.05) is 0 Å². The summed E-state index contributed by atoms with van der Waals surface area (Å²) in [6.45, 7) is 4.25. The molecule has 23 heavy (non-hydrogen) atoms. The molecular weight excluding hydrogens is 308 g/mol. The van der Waals surface area contributed by atoms with Gasteiger partial charge in [0.05, 0.1) is 6.61 Å². The molecule has 2 aromatic rings. The zero-order chi connectivity index (χ0) is 15.8. The summed E-state index contributed by atoms with van der Waals surface area (Å²) in [5, 5.41) is 5.46.